The molecule has 0 aliphatic rings. The van der Waals surface area contributed by atoms with E-state index in [9.17, 15) is 0 Å². The first-order valence-corrected chi connectivity index (χ1v) is 13.4. The molecule has 0 fully saturated rings. The lowest BCUT2D eigenvalue weighted by Crippen LogP contribution is -1.95. The number of fused-ring (bicyclic) bond motifs is 12. The van der Waals surface area contributed by atoms with Crippen LogP contribution in [0, 0.1) is 0 Å². The molecule has 2 nitrogen and oxygen atoms in total. The van der Waals surface area contributed by atoms with Crippen LogP contribution in [-0.2, 0) is 0 Å². The molecule has 3 heterocycles. The number of hydrogen-bond donors (Lipinski definition) is 0. The fraction of sp³-hybridized carbons (Fsp3) is 0. The lowest BCUT2D eigenvalue weighted by atomic mass is 10.0. The molecule has 6 aromatic carbocycles. The molecule has 3 aromatic heterocycles. The van der Waals surface area contributed by atoms with Crippen LogP contribution >= 0.6 is 15.9 Å². The predicted octanol–water partition coefficient (Wildman–Crippen LogP) is 9.87. The zero-order chi connectivity index (χ0) is 24.2. The second-order valence-corrected chi connectivity index (χ2v) is 10.8. The first kappa shape index (κ1) is 19.8. The average Bonchev–Trinajstić information content (AvgIpc) is 3.44. The predicted molar refractivity (Wildman–Crippen MR) is 161 cm³/mol. The van der Waals surface area contributed by atoms with Crippen molar-refractivity contribution in [2.75, 3.05) is 0 Å². The second kappa shape index (κ2) is 6.90. The normalized spacial score (nSPS) is 12.5. The van der Waals surface area contributed by atoms with Gasteiger partial charge in [-0.05, 0) is 35.7 Å². The van der Waals surface area contributed by atoms with Gasteiger partial charge in [-0.25, -0.2) is 0 Å². The Morgan fingerprint density at radius 3 is 1.86 bits per heavy atom. The molecule has 9 aromatic rings. The molecule has 0 N–H and O–H groups in total. The highest BCUT2D eigenvalue weighted by Gasteiger charge is 2.19. The van der Waals surface area contributed by atoms with E-state index >= 15 is 0 Å². The molecule has 0 spiro atoms. The minimum absolute atomic E-state index is 1.10. The van der Waals surface area contributed by atoms with Crippen molar-refractivity contribution in [1.82, 2.24) is 8.80 Å². The van der Waals surface area contributed by atoms with Crippen molar-refractivity contribution in [3.8, 4) is 0 Å². The second-order valence-electron chi connectivity index (χ2n) is 9.91. The standard InChI is InChI=1S/C34H19BrN2/c35-21-16-18-30-28(19-21)26-11-5-10-25-27-17-15-20-7-1-2-8-22(20)32(27)37-29-13-4-3-9-23(29)24-12-6-14-31(34(24)37)36(30)33(25)26/h1-19H. The van der Waals surface area contributed by atoms with Gasteiger partial charge in [-0.3, -0.25) is 0 Å². The Labute approximate surface area is 220 Å². The third-order valence-corrected chi connectivity index (χ3v) is 8.57. The van der Waals surface area contributed by atoms with E-state index in [4.69, 9.17) is 0 Å². The highest BCUT2D eigenvalue weighted by atomic mass is 79.9. The van der Waals surface area contributed by atoms with E-state index in [0.29, 0.717) is 0 Å². The maximum atomic E-state index is 3.73. The summed E-state index contributed by atoms with van der Waals surface area (Å²) in [7, 11) is 0. The van der Waals surface area contributed by atoms with Gasteiger partial charge in [0.1, 0.15) is 0 Å². The van der Waals surface area contributed by atoms with E-state index in [1.807, 2.05) is 0 Å². The van der Waals surface area contributed by atoms with Gasteiger partial charge in [0.05, 0.1) is 33.1 Å². The minimum atomic E-state index is 1.10. The summed E-state index contributed by atoms with van der Waals surface area (Å²) in [4.78, 5) is 0. The molecular weight excluding hydrogens is 516 g/mol. The van der Waals surface area contributed by atoms with Gasteiger partial charge in [-0.15, -0.1) is 0 Å². The van der Waals surface area contributed by atoms with E-state index in [1.165, 1.54) is 76.2 Å². The smallest absolute Gasteiger partial charge is 0.0782 e. The van der Waals surface area contributed by atoms with Crippen LogP contribution in [-0.4, -0.2) is 8.80 Å². The van der Waals surface area contributed by atoms with Gasteiger partial charge in [-0.1, -0.05) is 101 Å². The maximum Gasteiger partial charge on any atom is 0.0782 e. The average molecular weight is 535 g/mol. The molecule has 0 saturated carbocycles. The highest BCUT2D eigenvalue weighted by Crippen LogP contribution is 2.42. The number of halogens is 1. The Balaban J connectivity index is 1.81. The molecule has 37 heavy (non-hydrogen) atoms. The van der Waals surface area contributed by atoms with Crippen molar-refractivity contribution in [2.24, 2.45) is 0 Å². The molecule has 0 atom stereocenters. The fourth-order valence-electron chi connectivity index (χ4n) is 6.64. The van der Waals surface area contributed by atoms with Crippen molar-refractivity contribution >= 4 is 92.1 Å². The van der Waals surface area contributed by atoms with Gasteiger partial charge >= 0.3 is 0 Å². The van der Waals surface area contributed by atoms with Crippen LogP contribution in [0.3, 0.4) is 0 Å². The Bertz CT molecular complexity index is 2420. The zero-order valence-corrected chi connectivity index (χ0v) is 21.3. The molecule has 0 saturated heterocycles. The maximum absolute atomic E-state index is 3.73. The molecule has 0 aliphatic carbocycles. The Hall–Kier alpha value is -4.34. The first-order chi connectivity index (χ1) is 18.3. The van der Waals surface area contributed by atoms with Crippen LogP contribution in [0.2, 0.25) is 0 Å². The summed E-state index contributed by atoms with van der Waals surface area (Å²) in [5, 5.41) is 10.1. The molecule has 9 rings (SSSR count). The van der Waals surface area contributed by atoms with Gasteiger partial charge in [0.15, 0.2) is 0 Å². The number of rotatable bonds is 0. The summed E-state index contributed by atoms with van der Waals surface area (Å²) in [6.45, 7) is 0. The van der Waals surface area contributed by atoms with Gasteiger partial charge in [0.2, 0.25) is 0 Å². The van der Waals surface area contributed by atoms with E-state index in [0.717, 1.165) is 4.47 Å². The quantitative estimate of drug-likeness (QED) is 0.183. The first-order valence-electron chi connectivity index (χ1n) is 12.6. The van der Waals surface area contributed by atoms with Crippen molar-refractivity contribution < 1.29 is 0 Å². The number of para-hydroxylation sites is 3. The Morgan fingerprint density at radius 1 is 0.378 bits per heavy atom. The number of aromatic nitrogens is 2. The summed E-state index contributed by atoms with van der Waals surface area (Å²) in [5.74, 6) is 0. The SMILES string of the molecule is Brc1ccc2c(c1)c1cccc3c4ccc5ccccc5c4n4c5ccccc5c5cccc(c54)n2c13. The van der Waals surface area contributed by atoms with Crippen molar-refractivity contribution in [3.05, 3.63) is 120 Å². The minimum Gasteiger partial charge on any atom is -0.306 e. The summed E-state index contributed by atoms with van der Waals surface area (Å²) < 4.78 is 6.10. The molecule has 172 valence electrons. The lowest BCUT2D eigenvalue weighted by molar-refractivity contribution is 1.30. The summed E-state index contributed by atoms with van der Waals surface area (Å²) in [6.07, 6.45) is 0. The summed E-state index contributed by atoms with van der Waals surface area (Å²) in [6, 6.07) is 42.4. The van der Waals surface area contributed by atoms with Crippen LogP contribution in [0.5, 0.6) is 0 Å². The topological polar surface area (TPSA) is 8.82 Å². The number of hydrogen-bond acceptors (Lipinski definition) is 0. The molecular formula is C34H19BrN2. The van der Waals surface area contributed by atoms with Crippen LogP contribution in [0.25, 0.3) is 76.2 Å². The Kier molecular flexibility index (Phi) is 3.69. The molecule has 0 unspecified atom stereocenters. The zero-order valence-electron chi connectivity index (χ0n) is 19.7. The van der Waals surface area contributed by atoms with E-state index in [2.05, 4.69) is 140 Å². The number of benzene rings is 6. The lowest BCUT2D eigenvalue weighted by Gasteiger charge is -2.13. The van der Waals surface area contributed by atoms with E-state index in [1.54, 1.807) is 0 Å². The summed E-state index contributed by atoms with van der Waals surface area (Å²) >= 11 is 3.73. The third-order valence-electron chi connectivity index (χ3n) is 8.08. The molecule has 0 amide bonds. The van der Waals surface area contributed by atoms with Crippen molar-refractivity contribution in [2.45, 2.75) is 0 Å². The highest BCUT2D eigenvalue weighted by molar-refractivity contribution is 9.10. The fourth-order valence-corrected chi connectivity index (χ4v) is 7.00. The largest absolute Gasteiger partial charge is 0.306 e. The third kappa shape index (κ3) is 2.40. The van der Waals surface area contributed by atoms with Crippen LogP contribution in [0.1, 0.15) is 0 Å². The van der Waals surface area contributed by atoms with E-state index in [-0.39, 0.29) is 0 Å². The molecule has 3 heteroatoms. The van der Waals surface area contributed by atoms with E-state index < -0.39 is 0 Å². The molecule has 0 radical (unpaired) electrons. The monoisotopic (exact) mass is 534 g/mol. The van der Waals surface area contributed by atoms with Crippen LogP contribution < -0.4 is 0 Å². The van der Waals surface area contributed by atoms with Gasteiger partial charge in [-0.2, -0.15) is 0 Å². The van der Waals surface area contributed by atoms with Crippen LogP contribution in [0.15, 0.2) is 120 Å². The molecule has 0 aliphatic heterocycles. The summed E-state index contributed by atoms with van der Waals surface area (Å²) in [5.41, 5.74) is 7.43. The van der Waals surface area contributed by atoms with Gasteiger partial charge in [0, 0.05) is 42.2 Å². The van der Waals surface area contributed by atoms with Crippen molar-refractivity contribution in [3.63, 3.8) is 0 Å². The Morgan fingerprint density at radius 2 is 0.973 bits per heavy atom. The van der Waals surface area contributed by atoms with Gasteiger partial charge in [0.25, 0.3) is 0 Å². The molecule has 0 bridgehead atoms. The van der Waals surface area contributed by atoms with Crippen molar-refractivity contribution in [1.29, 1.82) is 0 Å². The number of nitrogens with zero attached hydrogens (tertiary/aromatic N) is 2. The van der Waals surface area contributed by atoms with Gasteiger partial charge < -0.3 is 8.80 Å². The van der Waals surface area contributed by atoms with Crippen LogP contribution in [0.4, 0.5) is 0 Å².